The number of aromatic nitrogens is 2. The number of thiophene rings is 1. The van der Waals surface area contributed by atoms with E-state index in [1.54, 1.807) is 5.56 Å². The van der Waals surface area contributed by atoms with E-state index in [0.29, 0.717) is 0 Å². The Hall–Kier alpha value is -5.38. The van der Waals surface area contributed by atoms with Crippen molar-refractivity contribution >= 4 is 31.5 Å². The van der Waals surface area contributed by atoms with Gasteiger partial charge < -0.3 is 0 Å². The first kappa shape index (κ1) is 28.6. The van der Waals surface area contributed by atoms with E-state index in [2.05, 4.69) is 133 Å². The molecule has 0 bridgehead atoms. The van der Waals surface area contributed by atoms with E-state index in [1.165, 1.54) is 80.1 Å². The van der Waals surface area contributed by atoms with E-state index in [9.17, 15) is 0 Å². The van der Waals surface area contributed by atoms with Crippen LogP contribution in [0.3, 0.4) is 0 Å². The number of fused-ring (bicyclic) bond motifs is 8. The smallest absolute Gasteiger partial charge is 0.160 e. The minimum absolute atomic E-state index is 0.102. The lowest BCUT2D eigenvalue weighted by Crippen LogP contribution is -2.28. The van der Waals surface area contributed by atoms with Crippen molar-refractivity contribution in [2.24, 2.45) is 0 Å². The molecule has 1 saturated carbocycles. The van der Waals surface area contributed by atoms with Gasteiger partial charge in [0.15, 0.2) is 5.82 Å². The minimum atomic E-state index is 0.102. The van der Waals surface area contributed by atoms with Gasteiger partial charge in [-0.1, -0.05) is 141 Å². The lowest BCUT2D eigenvalue weighted by molar-refractivity contribution is 0.353. The van der Waals surface area contributed by atoms with Crippen LogP contribution < -0.4 is 0 Å². The molecule has 0 radical (unpaired) electrons. The molecule has 3 heteroatoms. The van der Waals surface area contributed by atoms with Crippen molar-refractivity contribution in [3.63, 3.8) is 0 Å². The number of rotatable bonds is 4. The highest BCUT2D eigenvalue weighted by Gasteiger charge is 2.45. The Morgan fingerprint density at radius 2 is 1.08 bits per heavy atom. The van der Waals surface area contributed by atoms with Gasteiger partial charge in [0.25, 0.3) is 0 Å². The maximum atomic E-state index is 5.14. The Balaban J connectivity index is 1.15. The van der Waals surface area contributed by atoms with Crippen LogP contribution in [0.25, 0.3) is 76.3 Å². The molecule has 2 nitrogen and oxygen atoms in total. The quantitative estimate of drug-likeness (QED) is 0.190. The predicted molar refractivity (Wildman–Crippen MR) is 206 cm³/mol. The molecule has 0 atom stereocenters. The molecule has 2 aliphatic carbocycles. The van der Waals surface area contributed by atoms with Gasteiger partial charge >= 0.3 is 0 Å². The molecular formula is C46H34N2S. The summed E-state index contributed by atoms with van der Waals surface area (Å²) < 4.78 is 2.64. The first-order chi connectivity index (χ1) is 24.3. The topological polar surface area (TPSA) is 25.8 Å². The predicted octanol–water partition coefficient (Wildman–Crippen LogP) is 12.7. The Kier molecular flexibility index (Phi) is 6.63. The fraction of sp³-hybridized carbons (Fsp3) is 0.130. The van der Waals surface area contributed by atoms with Gasteiger partial charge in [-0.25, -0.2) is 9.97 Å². The summed E-state index contributed by atoms with van der Waals surface area (Å²) in [6.07, 6.45) is 6.37. The van der Waals surface area contributed by atoms with Crippen molar-refractivity contribution in [3.8, 4) is 56.2 Å². The van der Waals surface area contributed by atoms with Crippen LogP contribution in [0.5, 0.6) is 0 Å². The van der Waals surface area contributed by atoms with Crippen LogP contribution in [0.2, 0.25) is 0 Å². The van der Waals surface area contributed by atoms with Crippen molar-refractivity contribution in [1.82, 2.24) is 9.97 Å². The number of hydrogen-bond donors (Lipinski definition) is 0. The van der Waals surface area contributed by atoms with Gasteiger partial charge in [-0.05, 0) is 70.5 Å². The number of nitrogens with zero attached hydrogens (tertiary/aromatic N) is 2. The molecule has 10 rings (SSSR count). The Morgan fingerprint density at radius 3 is 1.82 bits per heavy atom. The van der Waals surface area contributed by atoms with Gasteiger partial charge in [0.05, 0.1) is 11.4 Å². The summed E-state index contributed by atoms with van der Waals surface area (Å²) in [5.41, 5.74) is 13.9. The molecule has 49 heavy (non-hydrogen) atoms. The van der Waals surface area contributed by atoms with E-state index in [4.69, 9.17) is 9.97 Å². The van der Waals surface area contributed by atoms with Crippen molar-refractivity contribution in [1.29, 1.82) is 0 Å². The van der Waals surface area contributed by atoms with Gasteiger partial charge in [-0.15, -0.1) is 11.3 Å². The van der Waals surface area contributed by atoms with Gasteiger partial charge in [-0.3, -0.25) is 0 Å². The normalized spacial score (nSPS) is 14.7. The van der Waals surface area contributed by atoms with Gasteiger partial charge in [0.1, 0.15) is 0 Å². The van der Waals surface area contributed by atoms with Crippen LogP contribution in [-0.4, -0.2) is 9.97 Å². The zero-order valence-corrected chi connectivity index (χ0v) is 28.0. The second kappa shape index (κ2) is 11.4. The number of benzene rings is 6. The summed E-state index contributed by atoms with van der Waals surface area (Å²) in [5, 5.41) is 2.56. The highest BCUT2D eigenvalue weighted by Crippen LogP contribution is 2.59. The third-order valence-electron chi connectivity index (χ3n) is 10.9. The first-order valence-corrected chi connectivity index (χ1v) is 18.3. The average molecular weight is 647 g/mol. The van der Waals surface area contributed by atoms with Gasteiger partial charge in [0, 0.05) is 42.3 Å². The second-order valence-corrected chi connectivity index (χ2v) is 14.7. The lowest BCUT2D eigenvalue weighted by atomic mass is 9.66. The molecule has 234 valence electrons. The highest BCUT2D eigenvalue weighted by molar-refractivity contribution is 7.26. The first-order valence-electron chi connectivity index (χ1n) is 17.5. The molecule has 0 saturated heterocycles. The molecule has 2 aliphatic rings. The summed E-state index contributed by atoms with van der Waals surface area (Å²) in [6.45, 7) is 0. The van der Waals surface area contributed by atoms with Crippen LogP contribution in [-0.2, 0) is 5.41 Å². The summed E-state index contributed by atoms with van der Waals surface area (Å²) in [5.74, 6) is 0.746. The van der Waals surface area contributed by atoms with Gasteiger partial charge in [-0.2, -0.15) is 0 Å². The SMILES string of the molecule is c1ccc(-c2cc(-c3ccccc3)nc(-c3ccc4sc5c(-c6cccc7c6C6(CCCCC6)c6ccccc6-7)cccc5c4c3)n2)cc1. The molecule has 0 N–H and O–H groups in total. The molecule has 0 aliphatic heterocycles. The third kappa shape index (κ3) is 4.53. The van der Waals surface area contributed by atoms with Crippen LogP contribution in [0.15, 0.2) is 146 Å². The lowest BCUT2D eigenvalue weighted by Gasteiger charge is -2.37. The maximum Gasteiger partial charge on any atom is 0.160 e. The Labute approximate surface area is 290 Å². The van der Waals surface area contributed by atoms with Crippen molar-refractivity contribution in [2.45, 2.75) is 37.5 Å². The average Bonchev–Trinajstić information content (AvgIpc) is 3.69. The van der Waals surface area contributed by atoms with Crippen molar-refractivity contribution in [2.75, 3.05) is 0 Å². The zero-order valence-electron chi connectivity index (χ0n) is 27.2. The molecule has 2 heterocycles. The highest BCUT2D eigenvalue weighted by atomic mass is 32.1. The monoisotopic (exact) mass is 646 g/mol. The minimum Gasteiger partial charge on any atom is -0.228 e. The molecule has 1 fully saturated rings. The molecule has 1 spiro atoms. The third-order valence-corrected chi connectivity index (χ3v) is 12.1. The van der Waals surface area contributed by atoms with Crippen LogP contribution in [0, 0.1) is 0 Å². The molecule has 8 aromatic rings. The van der Waals surface area contributed by atoms with Crippen LogP contribution in [0.4, 0.5) is 0 Å². The van der Waals surface area contributed by atoms with Gasteiger partial charge in [0.2, 0.25) is 0 Å². The zero-order chi connectivity index (χ0) is 32.4. The van der Waals surface area contributed by atoms with E-state index in [1.807, 2.05) is 23.5 Å². The maximum absolute atomic E-state index is 5.14. The molecule has 0 amide bonds. The molecule has 0 unspecified atom stereocenters. The van der Waals surface area contributed by atoms with E-state index in [-0.39, 0.29) is 5.41 Å². The Bertz CT molecular complexity index is 2470. The second-order valence-electron chi connectivity index (χ2n) is 13.6. The summed E-state index contributed by atoms with van der Waals surface area (Å²) in [4.78, 5) is 10.3. The molecular weight excluding hydrogens is 613 g/mol. The van der Waals surface area contributed by atoms with E-state index < -0.39 is 0 Å². The summed E-state index contributed by atoms with van der Waals surface area (Å²) in [7, 11) is 0. The number of hydrogen-bond acceptors (Lipinski definition) is 3. The largest absolute Gasteiger partial charge is 0.228 e. The molecule has 6 aromatic carbocycles. The van der Waals surface area contributed by atoms with E-state index in [0.717, 1.165) is 33.9 Å². The summed E-state index contributed by atoms with van der Waals surface area (Å²) >= 11 is 1.91. The van der Waals surface area contributed by atoms with Crippen LogP contribution in [0.1, 0.15) is 43.2 Å². The fourth-order valence-corrected chi connectivity index (χ4v) is 9.91. The van der Waals surface area contributed by atoms with Crippen molar-refractivity contribution in [3.05, 3.63) is 157 Å². The summed E-state index contributed by atoms with van der Waals surface area (Å²) in [6, 6.07) is 52.9. The van der Waals surface area contributed by atoms with Crippen LogP contribution >= 0.6 is 11.3 Å². The van der Waals surface area contributed by atoms with Crippen molar-refractivity contribution < 1.29 is 0 Å². The fourth-order valence-electron chi connectivity index (χ4n) is 8.70. The Morgan fingerprint density at radius 1 is 0.469 bits per heavy atom. The standard InChI is InChI=1S/C46H34N2S/c1-4-14-30(15-5-1)40-29-41(31-16-6-2-7-17-31)48-45(47-40)32-24-25-42-38(28-32)37-22-13-21-36(44(37)49-42)35-20-12-19-34-33-18-8-9-23-39(33)46(43(34)35)26-10-3-11-27-46/h1-2,4-9,12-25,28-29H,3,10-11,26-27H2. The molecule has 2 aromatic heterocycles. The van der Waals surface area contributed by atoms with E-state index >= 15 is 0 Å².